The molecule has 0 aliphatic rings. The van der Waals surface area contributed by atoms with Crippen LogP contribution in [-0.2, 0) is 9.53 Å². The molecule has 0 fully saturated rings. The van der Waals surface area contributed by atoms with Crippen molar-refractivity contribution in [1.82, 2.24) is 0 Å². The molecule has 1 amide bonds. The van der Waals surface area contributed by atoms with E-state index in [9.17, 15) is 14.0 Å². The molecule has 1 unspecified atom stereocenters. The van der Waals surface area contributed by atoms with Crippen molar-refractivity contribution in [1.29, 1.82) is 0 Å². The number of nitrogens with two attached hydrogens (primary N) is 1. The first kappa shape index (κ1) is 13.1. The van der Waals surface area contributed by atoms with Crippen LogP contribution in [0.5, 0.6) is 0 Å². The smallest absolute Gasteiger partial charge is 0.340 e. The van der Waals surface area contributed by atoms with Crippen molar-refractivity contribution in [3.05, 3.63) is 29.6 Å². The van der Waals surface area contributed by atoms with Gasteiger partial charge in [0.1, 0.15) is 5.82 Å². The summed E-state index contributed by atoms with van der Waals surface area (Å²) in [4.78, 5) is 22.7. The highest BCUT2D eigenvalue weighted by Gasteiger charge is 2.16. The second-order valence-corrected chi connectivity index (χ2v) is 3.46. The zero-order valence-corrected chi connectivity index (χ0v) is 9.49. The lowest BCUT2D eigenvalue weighted by Crippen LogP contribution is -2.33. The normalized spacial score (nSPS) is 11.8. The second-order valence-electron chi connectivity index (χ2n) is 3.46. The van der Waals surface area contributed by atoms with Gasteiger partial charge in [0.25, 0.3) is 0 Å². The number of benzene rings is 1. The molecule has 0 heterocycles. The van der Waals surface area contributed by atoms with Crippen LogP contribution in [0, 0.1) is 5.82 Å². The average molecular weight is 240 g/mol. The van der Waals surface area contributed by atoms with Crippen LogP contribution in [0.2, 0.25) is 0 Å². The Morgan fingerprint density at radius 3 is 2.65 bits per heavy atom. The number of nitrogens with one attached hydrogen (secondary N) is 1. The van der Waals surface area contributed by atoms with Gasteiger partial charge in [-0.2, -0.15) is 0 Å². The van der Waals surface area contributed by atoms with Crippen molar-refractivity contribution < 1.29 is 18.7 Å². The maximum absolute atomic E-state index is 13.0. The summed E-state index contributed by atoms with van der Waals surface area (Å²) in [5.74, 6) is -1.80. The Morgan fingerprint density at radius 1 is 1.47 bits per heavy atom. The largest absolute Gasteiger partial charge is 0.465 e. The number of amides is 1. The maximum atomic E-state index is 13.0. The molecule has 0 aliphatic carbocycles. The summed E-state index contributed by atoms with van der Waals surface area (Å²) in [5, 5.41) is 2.42. The number of ether oxygens (including phenoxy) is 1. The fraction of sp³-hybridized carbons (Fsp3) is 0.273. The van der Waals surface area contributed by atoms with Crippen LogP contribution >= 0.6 is 0 Å². The van der Waals surface area contributed by atoms with Crippen molar-refractivity contribution in [2.24, 2.45) is 5.73 Å². The van der Waals surface area contributed by atoms with E-state index in [1.807, 2.05) is 0 Å². The molecule has 1 rings (SSSR count). The van der Waals surface area contributed by atoms with Crippen molar-refractivity contribution in [3.8, 4) is 0 Å². The van der Waals surface area contributed by atoms with E-state index in [2.05, 4.69) is 10.1 Å². The van der Waals surface area contributed by atoms with Gasteiger partial charge in [0.15, 0.2) is 0 Å². The van der Waals surface area contributed by atoms with Crippen molar-refractivity contribution >= 4 is 17.6 Å². The average Bonchev–Trinajstić information content (AvgIpc) is 2.30. The van der Waals surface area contributed by atoms with Crippen LogP contribution in [0.3, 0.4) is 0 Å². The standard InChI is InChI=1S/C11H13FN2O3/c1-6(13)10(15)14-9-4-3-7(12)5-8(9)11(16)17-2/h3-6H,13H2,1-2H3,(H,14,15). The lowest BCUT2D eigenvalue weighted by atomic mass is 10.1. The molecule has 17 heavy (non-hydrogen) atoms. The Labute approximate surface area is 97.7 Å². The van der Waals surface area contributed by atoms with Gasteiger partial charge in [-0.05, 0) is 25.1 Å². The van der Waals surface area contributed by atoms with E-state index in [4.69, 9.17) is 5.73 Å². The molecule has 0 radical (unpaired) electrons. The van der Waals surface area contributed by atoms with Gasteiger partial charge in [-0.25, -0.2) is 9.18 Å². The minimum Gasteiger partial charge on any atom is -0.465 e. The molecule has 3 N–H and O–H groups in total. The van der Waals surface area contributed by atoms with Gasteiger partial charge in [-0.15, -0.1) is 0 Å². The minimum absolute atomic E-state index is 0.0542. The number of carbonyl (C=O) groups is 2. The molecular formula is C11H13FN2O3. The first-order valence-electron chi connectivity index (χ1n) is 4.90. The number of anilines is 1. The van der Waals surface area contributed by atoms with Gasteiger partial charge in [0.2, 0.25) is 5.91 Å². The number of rotatable bonds is 3. The summed E-state index contributed by atoms with van der Waals surface area (Å²) in [6, 6.07) is 2.67. The van der Waals surface area contributed by atoms with E-state index in [1.165, 1.54) is 20.1 Å². The molecule has 0 bridgehead atoms. The fourth-order valence-corrected chi connectivity index (χ4v) is 1.15. The Hall–Kier alpha value is -1.95. The zero-order valence-electron chi connectivity index (χ0n) is 9.49. The van der Waals surface area contributed by atoms with Gasteiger partial charge in [-0.1, -0.05) is 0 Å². The highest BCUT2D eigenvalue weighted by atomic mass is 19.1. The van der Waals surface area contributed by atoms with E-state index < -0.39 is 23.7 Å². The van der Waals surface area contributed by atoms with Crippen molar-refractivity contribution in [3.63, 3.8) is 0 Å². The molecular weight excluding hydrogens is 227 g/mol. The molecule has 0 saturated heterocycles. The molecule has 1 aromatic rings. The van der Waals surface area contributed by atoms with Crippen LogP contribution in [0.25, 0.3) is 0 Å². The van der Waals surface area contributed by atoms with Gasteiger partial charge >= 0.3 is 5.97 Å². The van der Waals surface area contributed by atoms with Gasteiger partial charge in [0, 0.05) is 0 Å². The van der Waals surface area contributed by atoms with Crippen LogP contribution in [0.1, 0.15) is 17.3 Å². The third kappa shape index (κ3) is 3.25. The SMILES string of the molecule is COC(=O)c1cc(F)ccc1NC(=O)C(C)N. The van der Waals surface area contributed by atoms with Crippen molar-refractivity contribution in [2.75, 3.05) is 12.4 Å². The Morgan fingerprint density at radius 2 is 2.12 bits per heavy atom. The number of esters is 1. The fourth-order valence-electron chi connectivity index (χ4n) is 1.15. The van der Waals surface area contributed by atoms with Gasteiger partial charge < -0.3 is 15.8 Å². The topological polar surface area (TPSA) is 81.4 Å². The summed E-state index contributed by atoms with van der Waals surface area (Å²) in [5.41, 5.74) is 5.48. The van der Waals surface area contributed by atoms with E-state index in [-0.39, 0.29) is 11.3 Å². The number of methoxy groups -OCH3 is 1. The number of halogens is 1. The van der Waals surface area contributed by atoms with Crippen LogP contribution < -0.4 is 11.1 Å². The molecule has 0 spiro atoms. The monoisotopic (exact) mass is 240 g/mol. The summed E-state index contributed by atoms with van der Waals surface area (Å²) in [7, 11) is 1.17. The lowest BCUT2D eigenvalue weighted by Gasteiger charge is -2.11. The predicted octanol–water partition coefficient (Wildman–Crippen LogP) is 0.898. The molecule has 6 heteroatoms. The second kappa shape index (κ2) is 5.40. The van der Waals surface area contributed by atoms with Gasteiger partial charge in [-0.3, -0.25) is 4.79 Å². The Bertz CT molecular complexity index is 446. The van der Waals surface area contributed by atoms with E-state index in [1.54, 1.807) is 0 Å². The molecule has 92 valence electrons. The highest BCUT2D eigenvalue weighted by Crippen LogP contribution is 2.18. The van der Waals surface area contributed by atoms with Crippen LogP contribution in [0.4, 0.5) is 10.1 Å². The highest BCUT2D eigenvalue weighted by molar-refractivity contribution is 6.02. The first-order chi connectivity index (χ1) is 7.95. The predicted molar refractivity (Wildman–Crippen MR) is 60.0 cm³/mol. The zero-order chi connectivity index (χ0) is 13.0. The van der Waals surface area contributed by atoms with Crippen LogP contribution in [-0.4, -0.2) is 25.0 Å². The molecule has 1 atom stereocenters. The molecule has 0 aliphatic heterocycles. The Balaban J connectivity index is 3.06. The minimum atomic E-state index is -0.732. The maximum Gasteiger partial charge on any atom is 0.340 e. The number of hydrogen-bond donors (Lipinski definition) is 2. The summed E-state index contributed by atoms with van der Waals surface area (Å²) >= 11 is 0. The summed E-state index contributed by atoms with van der Waals surface area (Å²) < 4.78 is 17.5. The molecule has 5 nitrogen and oxygen atoms in total. The number of carbonyl (C=O) groups excluding carboxylic acids is 2. The molecule has 0 aromatic heterocycles. The van der Waals surface area contributed by atoms with Gasteiger partial charge in [0.05, 0.1) is 24.4 Å². The van der Waals surface area contributed by atoms with E-state index in [0.29, 0.717) is 0 Å². The molecule has 0 saturated carbocycles. The number of hydrogen-bond acceptors (Lipinski definition) is 4. The quantitative estimate of drug-likeness (QED) is 0.769. The van der Waals surface area contributed by atoms with E-state index >= 15 is 0 Å². The summed E-state index contributed by atoms with van der Waals surface area (Å²) in [6.45, 7) is 1.50. The van der Waals surface area contributed by atoms with E-state index in [0.717, 1.165) is 12.1 Å². The first-order valence-corrected chi connectivity index (χ1v) is 4.90. The molecule has 1 aromatic carbocycles. The third-order valence-corrected chi connectivity index (χ3v) is 2.06. The Kier molecular flexibility index (Phi) is 4.17. The summed E-state index contributed by atoms with van der Waals surface area (Å²) in [6.07, 6.45) is 0. The van der Waals surface area contributed by atoms with Crippen molar-refractivity contribution in [2.45, 2.75) is 13.0 Å². The van der Waals surface area contributed by atoms with Crippen LogP contribution in [0.15, 0.2) is 18.2 Å². The lowest BCUT2D eigenvalue weighted by molar-refractivity contribution is -0.117. The third-order valence-electron chi connectivity index (χ3n) is 2.06.